The van der Waals surface area contributed by atoms with E-state index < -0.39 is 4.92 Å². The molecule has 0 N–H and O–H groups in total. The zero-order valence-electron chi connectivity index (χ0n) is 9.32. The smallest absolute Gasteiger partial charge is 0.269 e. The highest BCUT2D eigenvalue weighted by Crippen LogP contribution is 2.07. The van der Waals surface area contributed by atoms with E-state index in [1.54, 1.807) is 18.2 Å². The van der Waals surface area contributed by atoms with Crippen molar-refractivity contribution in [1.29, 1.82) is 0 Å². The molecule has 0 aliphatic carbocycles. The zero-order valence-corrected chi connectivity index (χ0v) is 10.1. The molecule has 6 heteroatoms. The van der Waals surface area contributed by atoms with Crippen LogP contribution in [-0.4, -0.2) is 40.8 Å². The fourth-order valence-corrected chi connectivity index (χ4v) is 2.16. The summed E-state index contributed by atoms with van der Waals surface area (Å²) in [6, 6.07) is 7.93. The number of amides is 1. The van der Waals surface area contributed by atoms with Crippen LogP contribution in [0.15, 0.2) is 30.3 Å². The van der Waals surface area contributed by atoms with Crippen LogP contribution in [0.25, 0.3) is 0 Å². The molecule has 0 unspecified atom stereocenters. The van der Waals surface area contributed by atoms with Crippen molar-refractivity contribution in [2.24, 2.45) is 0 Å². The van der Waals surface area contributed by atoms with Crippen molar-refractivity contribution in [2.45, 2.75) is 0 Å². The highest BCUT2D eigenvalue weighted by molar-refractivity contribution is 7.99. The van der Waals surface area contributed by atoms with E-state index in [9.17, 15) is 14.9 Å². The van der Waals surface area contributed by atoms with Gasteiger partial charge in [-0.3, -0.25) is 14.9 Å². The van der Waals surface area contributed by atoms with Crippen LogP contribution in [0.2, 0.25) is 0 Å². The molecule has 1 aliphatic rings. The molecule has 0 spiro atoms. The van der Waals surface area contributed by atoms with Gasteiger partial charge in [-0.25, -0.2) is 0 Å². The van der Waals surface area contributed by atoms with E-state index in [4.69, 9.17) is 0 Å². The third-order valence-corrected chi connectivity index (χ3v) is 3.10. The van der Waals surface area contributed by atoms with Crippen molar-refractivity contribution >= 4 is 23.9 Å². The number of nitro benzene ring substituents is 1. The van der Waals surface area contributed by atoms with Crippen LogP contribution in [0.1, 0.15) is 0 Å². The van der Waals surface area contributed by atoms with Crippen molar-refractivity contribution in [2.75, 3.05) is 24.6 Å². The van der Waals surface area contributed by atoms with Crippen LogP contribution < -0.4 is 0 Å². The highest BCUT2D eigenvalue weighted by atomic mass is 32.2. The molecule has 1 amide bonds. The average molecular weight is 254 g/mol. The molecule has 17 heavy (non-hydrogen) atoms. The van der Waals surface area contributed by atoms with E-state index in [-0.39, 0.29) is 5.69 Å². The quantitative estimate of drug-likeness (QED) is 0.458. The lowest BCUT2D eigenvalue weighted by molar-refractivity contribution is -0.384. The molecular weight excluding hydrogens is 240 g/mol. The van der Waals surface area contributed by atoms with Crippen LogP contribution in [0.3, 0.4) is 0 Å². The standard InChI is InChI=1S/C6H5NO2.C5H9NOS/c8-7(9)6-4-2-1-3-5-6;7-5-6-1-3-8-4-2-6/h1-5H;5H,1-4H2. The third-order valence-electron chi connectivity index (χ3n) is 2.16. The van der Waals surface area contributed by atoms with Gasteiger partial charge in [0.15, 0.2) is 0 Å². The maximum atomic E-state index is 10.1. The van der Waals surface area contributed by atoms with Crippen molar-refractivity contribution in [3.63, 3.8) is 0 Å². The van der Waals surface area contributed by atoms with E-state index in [0.717, 1.165) is 31.0 Å². The topological polar surface area (TPSA) is 63.5 Å². The largest absolute Gasteiger partial charge is 0.344 e. The van der Waals surface area contributed by atoms with Crippen molar-refractivity contribution in [3.05, 3.63) is 40.4 Å². The van der Waals surface area contributed by atoms with Gasteiger partial charge in [0.25, 0.3) is 5.69 Å². The molecule has 0 bridgehead atoms. The van der Waals surface area contributed by atoms with E-state index in [0.29, 0.717) is 0 Å². The van der Waals surface area contributed by atoms with Crippen LogP contribution in [0.5, 0.6) is 0 Å². The Kier molecular flexibility index (Phi) is 6.09. The predicted octanol–water partition coefficient (Wildman–Crippen LogP) is 1.79. The Morgan fingerprint density at radius 2 is 1.82 bits per heavy atom. The Hall–Kier alpha value is -1.56. The molecule has 1 saturated heterocycles. The lowest BCUT2D eigenvalue weighted by Crippen LogP contribution is -2.30. The average Bonchev–Trinajstić information content (AvgIpc) is 2.41. The number of hydrogen-bond acceptors (Lipinski definition) is 4. The Morgan fingerprint density at radius 1 is 1.24 bits per heavy atom. The first-order valence-electron chi connectivity index (χ1n) is 5.20. The van der Waals surface area contributed by atoms with Crippen molar-refractivity contribution in [1.82, 2.24) is 4.90 Å². The lowest BCUT2D eigenvalue weighted by atomic mass is 10.3. The first-order valence-corrected chi connectivity index (χ1v) is 6.36. The lowest BCUT2D eigenvalue weighted by Gasteiger charge is -2.21. The Morgan fingerprint density at radius 3 is 2.18 bits per heavy atom. The normalized spacial score (nSPS) is 14.5. The van der Waals surface area contributed by atoms with E-state index in [1.807, 2.05) is 16.7 Å². The van der Waals surface area contributed by atoms with Gasteiger partial charge in [0.1, 0.15) is 0 Å². The second-order valence-corrected chi connectivity index (χ2v) is 4.57. The van der Waals surface area contributed by atoms with Crippen molar-refractivity contribution in [3.8, 4) is 0 Å². The summed E-state index contributed by atoms with van der Waals surface area (Å²) in [6.07, 6.45) is 0.930. The minimum atomic E-state index is -0.417. The summed E-state index contributed by atoms with van der Waals surface area (Å²) >= 11 is 1.91. The summed E-state index contributed by atoms with van der Waals surface area (Å²) in [5.41, 5.74) is 0.137. The molecule has 0 saturated carbocycles. The summed E-state index contributed by atoms with van der Waals surface area (Å²) in [4.78, 5) is 21.5. The number of carbonyl (C=O) groups is 1. The molecule has 0 aromatic heterocycles. The molecule has 0 radical (unpaired) electrons. The maximum Gasteiger partial charge on any atom is 0.269 e. The first kappa shape index (κ1) is 13.5. The molecule has 1 fully saturated rings. The van der Waals surface area contributed by atoms with Crippen LogP contribution in [0, 0.1) is 10.1 Å². The van der Waals surface area contributed by atoms with Gasteiger partial charge in [-0.15, -0.1) is 0 Å². The molecular formula is C11H14N2O3S. The van der Waals surface area contributed by atoms with E-state index in [1.165, 1.54) is 12.1 Å². The number of carbonyl (C=O) groups excluding carboxylic acids is 1. The van der Waals surface area contributed by atoms with Crippen molar-refractivity contribution < 1.29 is 9.72 Å². The fourth-order valence-electron chi connectivity index (χ4n) is 1.23. The Labute approximate surface area is 104 Å². The zero-order chi connectivity index (χ0) is 12.5. The van der Waals surface area contributed by atoms with Gasteiger partial charge in [0, 0.05) is 36.7 Å². The maximum absolute atomic E-state index is 10.1. The number of nitro groups is 1. The van der Waals surface area contributed by atoms with Crippen LogP contribution in [-0.2, 0) is 4.79 Å². The summed E-state index contributed by atoms with van der Waals surface area (Å²) in [5, 5.41) is 10.0. The number of nitrogens with zero attached hydrogens (tertiary/aromatic N) is 2. The number of para-hydroxylation sites is 1. The van der Waals surface area contributed by atoms with Gasteiger partial charge in [-0.05, 0) is 0 Å². The third kappa shape index (κ3) is 5.35. The summed E-state index contributed by atoms with van der Waals surface area (Å²) in [7, 11) is 0. The second-order valence-electron chi connectivity index (χ2n) is 3.35. The predicted molar refractivity (Wildman–Crippen MR) is 68.1 cm³/mol. The summed E-state index contributed by atoms with van der Waals surface area (Å²) in [5.74, 6) is 2.22. The molecule has 1 heterocycles. The monoisotopic (exact) mass is 254 g/mol. The first-order chi connectivity index (χ1) is 8.24. The van der Waals surface area contributed by atoms with Gasteiger partial charge < -0.3 is 4.90 Å². The Balaban J connectivity index is 0.000000171. The van der Waals surface area contributed by atoms with Crippen LogP contribution in [0.4, 0.5) is 5.69 Å². The number of non-ortho nitro benzene ring substituents is 1. The number of thioether (sulfide) groups is 1. The molecule has 1 aliphatic heterocycles. The minimum absolute atomic E-state index is 0.137. The number of benzene rings is 1. The van der Waals surface area contributed by atoms with Gasteiger partial charge in [-0.1, -0.05) is 18.2 Å². The fraction of sp³-hybridized carbons (Fsp3) is 0.364. The highest BCUT2D eigenvalue weighted by Gasteiger charge is 2.05. The number of rotatable bonds is 2. The molecule has 1 aromatic rings. The molecule has 1 aromatic carbocycles. The van der Waals surface area contributed by atoms with Gasteiger partial charge in [0.05, 0.1) is 4.92 Å². The minimum Gasteiger partial charge on any atom is -0.344 e. The molecule has 5 nitrogen and oxygen atoms in total. The molecule has 2 rings (SSSR count). The van der Waals surface area contributed by atoms with Crippen LogP contribution >= 0.6 is 11.8 Å². The SMILES string of the molecule is O=CN1CCSCC1.O=[N+]([O-])c1ccccc1. The molecule has 92 valence electrons. The summed E-state index contributed by atoms with van der Waals surface area (Å²) in [6.45, 7) is 1.88. The Bertz CT molecular complexity index is 353. The van der Waals surface area contributed by atoms with E-state index >= 15 is 0 Å². The number of hydrogen-bond donors (Lipinski definition) is 0. The second kappa shape index (κ2) is 7.67. The van der Waals surface area contributed by atoms with E-state index in [2.05, 4.69) is 0 Å². The van der Waals surface area contributed by atoms with Gasteiger partial charge >= 0.3 is 0 Å². The molecule has 0 atom stereocenters. The summed E-state index contributed by atoms with van der Waals surface area (Å²) < 4.78 is 0. The van der Waals surface area contributed by atoms with Gasteiger partial charge in [-0.2, -0.15) is 11.8 Å². The van der Waals surface area contributed by atoms with Gasteiger partial charge in [0.2, 0.25) is 6.41 Å².